The third-order valence-electron chi connectivity index (χ3n) is 17.2. The summed E-state index contributed by atoms with van der Waals surface area (Å²) >= 11 is 7.27. The molecule has 2 heterocycles. The molecule has 9 aromatic carbocycles. The summed E-state index contributed by atoms with van der Waals surface area (Å²) in [6.45, 7) is 9.25. The van der Waals surface area contributed by atoms with Crippen molar-refractivity contribution in [2.75, 3.05) is 5.32 Å². The van der Waals surface area contributed by atoms with Gasteiger partial charge in [0.25, 0.3) is 0 Å². The van der Waals surface area contributed by atoms with Gasteiger partial charge in [0, 0.05) is 55.2 Å². The number of fused-ring (bicyclic) bond motifs is 6. The molecule has 4 atom stereocenters. The molecule has 0 amide bonds. The second kappa shape index (κ2) is 20.2. The van der Waals surface area contributed by atoms with Crippen LogP contribution in [0.1, 0.15) is 73.4 Å². The number of allylic oxidation sites excluding steroid dienone is 8. The molecule has 2 aromatic heterocycles. The first-order valence-corrected chi connectivity index (χ1v) is 28.6. The van der Waals surface area contributed by atoms with E-state index in [9.17, 15) is 0 Å². The van der Waals surface area contributed by atoms with E-state index in [-0.39, 0.29) is 5.92 Å². The van der Waals surface area contributed by atoms with Crippen molar-refractivity contribution < 1.29 is 4.42 Å². The molecule has 4 unspecified atom stereocenters. The van der Waals surface area contributed by atoms with Crippen molar-refractivity contribution in [1.82, 2.24) is 15.0 Å². The summed E-state index contributed by atoms with van der Waals surface area (Å²) in [5.74, 6) is 2.72. The fourth-order valence-corrected chi connectivity index (χ4v) is 13.7. The Labute approximate surface area is 478 Å². The predicted octanol–water partition coefficient (Wildman–Crippen LogP) is 19.8. The van der Waals surface area contributed by atoms with E-state index in [0.29, 0.717) is 29.3 Å². The number of aromatic nitrogens is 3. The van der Waals surface area contributed by atoms with Gasteiger partial charge in [0.2, 0.25) is 0 Å². The van der Waals surface area contributed by atoms with E-state index < -0.39 is 10.8 Å². The van der Waals surface area contributed by atoms with Crippen LogP contribution in [0.25, 0.3) is 78.4 Å². The summed E-state index contributed by atoms with van der Waals surface area (Å²) in [6, 6.07) is 73.3. The minimum atomic E-state index is -0.838. The van der Waals surface area contributed by atoms with E-state index in [1.165, 1.54) is 33.4 Å². The Morgan fingerprint density at radius 1 is 0.531 bits per heavy atom. The lowest BCUT2D eigenvalue weighted by Gasteiger charge is -2.42. The summed E-state index contributed by atoms with van der Waals surface area (Å²) in [6.07, 6.45) is 17.0. The van der Waals surface area contributed by atoms with Crippen molar-refractivity contribution in [3.8, 4) is 56.4 Å². The van der Waals surface area contributed by atoms with E-state index in [1.807, 2.05) is 18.2 Å². The topological polar surface area (TPSA) is 63.8 Å². The second-order valence-corrected chi connectivity index (χ2v) is 22.9. The maximum absolute atomic E-state index is 7.27. The van der Waals surface area contributed by atoms with Gasteiger partial charge in [-0.1, -0.05) is 233 Å². The Balaban J connectivity index is 0.939. The lowest BCUT2D eigenvalue weighted by molar-refractivity contribution is 0.621. The van der Waals surface area contributed by atoms with Crippen LogP contribution < -0.4 is 5.32 Å². The van der Waals surface area contributed by atoms with Crippen LogP contribution in [0.4, 0.5) is 11.4 Å². The summed E-state index contributed by atoms with van der Waals surface area (Å²) < 4.78 is 6.54. The standard InChI is InChI=1S/C75H59ClN4O/c1-47-36-40-51(41-37-47)75(52-42-45-68-62(46-52)57-26-14-17-35-67(57)81-68,64-32-18-29-58-59-30-19-33-65(76)70(59)74(3,4)69(58)64)63-31-15-16-34-66(63)77-53-43-38-50(39-44-53)71-78-72(60-27-12-10-24-55(60)49-21-6-5-7-22-49)80-73(79-71)61-28-13-11-25-56(61)54-23-9-8-20-48(54)2/h5-36,38-48,54,77H,37H2,1-4H3. The molecule has 6 heteroatoms. The molecular formula is C75H59ClN4O. The number of benzene rings is 9. The normalized spacial score (nSPS) is 17.6. The van der Waals surface area contributed by atoms with E-state index in [1.54, 1.807) is 0 Å². The number of rotatable bonds is 11. The molecule has 3 aliphatic rings. The number of nitrogens with zero attached hydrogens (tertiary/aromatic N) is 3. The van der Waals surface area contributed by atoms with Crippen molar-refractivity contribution in [1.29, 1.82) is 0 Å². The molecule has 0 fully saturated rings. The van der Waals surface area contributed by atoms with Crippen LogP contribution >= 0.6 is 11.6 Å². The fraction of sp³-hybridized carbons (Fsp3) is 0.133. The van der Waals surface area contributed by atoms with E-state index >= 15 is 0 Å². The molecule has 3 aliphatic carbocycles. The fourth-order valence-electron chi connectivity index (χ4n) is 13.3. The molecule has 392 valence electrons. The van der Waals surface area contributed by atoms with Crippen LogP contribution in [0, 0.1) is 11.8 Å². The van der Waals surface area contributed by atoms with E-state index in [0.717, 1.165) is 89.3 Å². The number of hydrogen-bond acceptors (Lipinski definition) is 5. The van der Waals surface area contributed by atoms with Crippen molar-refractivity contribution in [3.63, 3.8) is 0 Å². The Morgan fingerprint density at radius 2 is 1.17 bits per heavy atom. The van der Waals surface area contributed by atoms with Crippen molar-refractivity contribution in [3.05, 3.63) is 293 Å². The van der Waals surface area contributed by atoms with E-state index in [2.05, 4.69) is 264 Å². The molecule has 0 bridgehead atoms. The minimum Gasteiger partial charge on any atom is -0.456 e. The maximum atomic E-state index is 7.27. The van der Waals surface area contributed by atoms with E-state index in [4.69, 9.17) is 31.0 Å². The molecule has 1 N–H and O–H groups in total. The van der Waals surface area contributed by atoms with Crippen LogP contribution in [-0.2, 0) is 10.8 Å². The SMILES string of the molecule is CC1C=CC(C(c2ccc3oc4ccccc4c3c2)(c2ccccc2Nc2ccc(-c3nc(-c4ccccc4-c4ccccc4)nc(-c4ccccc4C4C=CC=CC4C)n3)cc2)c2cccc3c2C(C)(C)c2c(Cl)cccc2-3)=CC1. The van der Waals surface area contributed by atoms with Gasteiger partial charge in [-0.3, -0.25) is 0 Å². The van der Waals surface area contributed by atoms with Crippen LogP contribution in [0.3, 0.4) is 0 Å². The highest BCUT2D eigenvalue weighted by Gasteiger charge is 2.48. The summed E-state index contributed by atoms with van der Waals surface area (Å²) in [5.41, 5.74) is 18.0. The molecule has 0 saturated heterocycles. The zero-order chi connectivity index (χ0) is 54.8. The average Bonchev–Trinajstić information content (AvgIpc) is 4.26. The van der Waals surface area contributed by atoms with Crippen molar-refractivity contribution in [2.24, 2.45) is 11.8 Å². The van der Waals surface area contributed by atoms with Crippen LogP contribution in [-0.4, -0.2) is 15.0 Å². The molecule has 11 aromatic rings. The second-order valence-electron chi connectivity index (χ2n) is 22.5. The average molecular weight is 1070 g/mol. The number of furan rings is 1. The van der Waals surface area contributed by atoms with Crippen molar-refractivity contribution >= 4 is 44.9 Å². The number of anilines is 2. The Morgan fingerprint density at radius 3 is 1.98 bits per heavy atom. The van der Waals surface area contributed by atoms with Gasteiger partial charge in [0.15, 0.2) is 17.5 Å². The van der Waals surface area contributed by atoms with Gasteiger partial charge in [0.1, 0.15) is 11.2 Å². The first-order chi connectivity index (χ1) is 39.6. The van der Waals surface area contributed by atoms with Crippen LogP contribution in [0.5, 0.6) is 0 Å². The first-order valence-electron chi connectivity index (χ1n) is 28.2. The van der Waals surface area contributed by atoms with Gasteiger partial charge in [0.05, 0.1) is 5.41 Å². The van der Waals surface area contributed by atoms with Gasteiger partial charge in [-0.2, -0.15) is 0 Å². The van der Waals surface area contributed by atoms with Gasteiger partial charge in [-0.05, 0) is 134 Å². The van der Waals surface area contributed by atoms with Crippen LogP contribution in [0.2, 0.25) is 5.02 Å². The van der Waals surface area contributed by atoms with Gasteiger partial charge in [-0.25, -0.2) is 15.0 Å². The Hall–Kier alpha value is -9.16. The number of halogens is 1. The smallest absolute Gasteiger partial charge is 0.164 e. The zero-order valence-electron chi connectivity index (χ0n) is 45.7. The lowest BCUT2D eigenvalue weighted by atomic mass is 9.60. The minimum absolute atomic E-state index is 0.171. The number of nitrogens with one attached hydrogen (secondary N) is 1. The predicted molar refractivity (Wildman–Crippen MR) is 335 cm³/mol. The van der Waals surface area contributed by atoms with Gasteiger partial charge in [-0.15, -0.1) is 0 Å². The summed E-state index contributed by atoms with van der Waals surface area (Å²) in [7, 11) is 0. The molecular weight excluding hydrogens is 1010 g/mol. The van der Waals surface area contributed by atoms with Gasteiger partial charge >= 0.3 is 0 Å². The summed E-state index contributed by atoms with van der Waals surface area (Å²) in [5, 5.41) is 6.96. The van der Waals surface area contributed by atoms with Crippen molar-refractivity contribution in [2.45, 2.75) is 50.9 Å². The zero-order valence-corrected chi connectivity index (χ0v) is 46.5. The molecule has 0 spiro atoms. The third kappa shape index (κ3) is 8.49. The molecule has 5 nitrogen and oxygen atoms in total. The largest absolute Gasteiger partial charge is 0.456 e. The molecule has 14 rings (SSSR count). The highest BCUT2D eigenvalue weighted by molar-refractivity contribution is 6.32. The Kier molecular flexibility index (Phi) is 12.5. The highest BCUT2D eigenvalue weighted by Crippen LogP contribution is 2.59. The highest BCUT2D eigenvalue weighted by atomic mass is 35.5. The van der Waals surface area contributed by atoms with Crippen LogP contribution in [0.15, 0.2) is 259 Å². The monoisotopic (exact) mass is 1070 g/mol. The maximum Gasteiger partial charge on any atom is 0.164 e. The lowest BCUT2D eigenvalue weighted by Crippen LogP contribution is -2.36. The quantitative estimate of drug-likeness (QED) is 0.131. The number of hydrogen-bond donors (Lipinski definition) is 1. The molecule has 0 saturated carbocycles. The molecule has 0 aliphatic heterocycles. The summed E-state index contributed by atoms with van der Waals surface area (Å²) in [4.78, 5) is 16.0. The third-order valence-corrected chi connectivity index (χ3v) is 17.5. The first kappa shape index (κ1) is 50.1. The molecule has 81 heavy (non-hydrogen) atoms. The molecule has 0 radical (unpaired) electrons. The van der Waals surface area contributed by atoms with Gasteiger partial charge < -0.3 is 9.73 Å². The number of para-hydroxylation sites is 2. The Bertz CT molecular complexity index is 4390.